The summed E-state index contributed by atoms with van der Waals surface area (Å²) in [7, 11) is 1.18. The summed E-state index contributed by atoms with van der Waals surface area (Å²) in [5.74, 6) is -1.14. The second kappa shape index (κ2) is 7.13. The van der Waals surface area contributed by atoms with Gasteiger partial charge in [0.25, 0.3) is 0 Å². The number of carbonyl (C=O) groups excluding carboxylic acids is 1. The van der Waals surface area contributed by atoms with Crippen molar-refractivity contribution in [3.63, 3.8) is 0 Å². The van der Waals surface area contributed by atoms with Crippen molar-refractivity contribution in [2.75, 3.05) is 7.11 Å². The fraction of sp³-hybridized carbons (Fsp3) is 0.364. The highest BCUT2D eigenvalue weighted by Crippen LogP contribution is 2.33. The van der Waals surface area contributed by atoms with Crippen LogP contribution in [-0.4, -0.2) is 24.6 Å². The Hall–Kier alpha value is -1.77. The molecule has 0 radical (unpaired) electrons. The fourth-order valence-electron chi connectivity index (χ4n) is 1.50. The molecule has 0 spiro atoms. The molecule has 0 unspecified atom stereocenters. The van der Waals surface area contributed by atoms with Crippen LogP contribution in [0.25, 0.3) is 0 Å². The smallest absolute Gasteiger partial charge is 0.387 e. The van der Waals surface area contributed by atoms with Gasteiger partial charge in [0.15, 0.2) is 0 Å². The summed E-state index contributed by atoms with van der Waals surface area (Å²) in [5, 5.41) is 11.1. The Kier molecular flexibility index (Phi) is 5.81. The SMILES string of the molecule is COC(=O)Cc1cc([N+](=O)[O-])c(OC(F)F)cc1CBr. The lowest BCUT2D eigenvalue weighted by atomic mass is 10.0. The molecule has 0 fully saturated rings. The Morgan fingerprint density at radius 3 is 2.55 bits per heavy atom. The molecule has 0 aromatic heterocycles. The Morgan fingerprint density at radius 1 is 1.45 bits per heavy atom. The summed E-state index contributed by atoms with van der Waals surface area (Å²) in [6.45, 7) is -3.18. The largest absolute Gasteiger partial charge is 0.469 e. The predicted octanol–water partition coefficient (Wildman–Crippen LogP) is 2.81. The van der Waals surface area contributed by atoms with Crippen molar-refractivity contribution in [1.82, 2.24) is 0 Å². The van der Waals surface area contributed by atoms with Gasteiger partial charge in [-0.15, -0.1) is 0 Å². The van der Waals surface area contributed by atoms with Gasteiger partial charge in [0.1, 0.15) is 0 Å². The minimum absolute atomic E-state index is 0.201. The van der Waals surface area contributed by atoms with Crippen molar-refractivity contribution >= 4 is 27.6 Å². The number of alkyl halides is 3. The van der Waals surface area contributed by atoms with Crippen molar-refractivity contribution in [2.24, 2.45) is 0 Å². The van der Waals surface area contributed by atoms with E-state index in [0.717, 1.165) is 12.1 Å². The molecule has 0 saturated carbocycles. The maximum Gasteiger partial charge on any atom is 0.387 e. The van der Waals surface area contributed by atoms with Crippen LogP contribution in [0.15, 0.2) is 12.1 Å². The first kappa shape index (κ1) is 16.3. The molecule has 6 nitrogen and oxygen atoms in total. The minimum atomic E-state index is -3.18. The molecule has 110 valence electrons. The van der Waals surface area contributed by atoms with E-state index in [-0.39, 0.29) is 11.8 Å². The quantitative estimate of drug-likeness (QED) is 0.340. The van der Waals surface area contributed by atoms with Crippen LogP contribution in [0.1, 0.15) is 11.1 Å². The van der Waals surface area contributed by atoms with Crippen molar-refractivity contribution < 1.29 is 28.0 Å². The first-order chi connectivity index (χ1) is 9.38. The molecule has 0 aliphatic carbocycles. The molecule has 9 heteroatoms. The van der Waals surface area contributed by atoms with E-state index in [2.05, 4.69) is 25.4 Å². The van der Waals surface area contributed by atoms with E-state index in [1.807, 2.05) is 0 Å². The van der Waals surface area contributed by atoms with E-state index in [9.17, 15) is 23.7 Å². The van der Waals surface area contributed by atoms with Crippen LogP contribution in [-0.2, 0) is 21.3 Å². The molecule has 0 saturated heterocycles. The van der Waals surface area contributed by atoms with Gasteiger partial charge >= 0.3 is 18.3 Å². The van der Waals surface area contributed by atoms with Gasteiger partial charge in [0, 0.05) is 11.4 Å². The first-order valence-electron chi connectivity index (χ1n) is 5.26. The number of hydrogen-bond acceptors (Lipinski definition) is 5. The van der Waals surface area contributed by atoms with E-state index in [0.29, 0.717) is 11.1 Å². The summed E-state index contributed by atoms with van der Waals surface area (Å²) in [4.78, 5) is 21.2. The molecule has 0 bridgehead atoms. The van der Waals surface area contributed by atoms with Crippen LogP contribution in [0, 0.1) is 10.1 Å². The second-order valence-corrected chi connectivity index (χ2v) is 4.17. The Bertz CT molecular complexity index is 524. The highest BCUT2D eigenvalue weighted by atomic mass is 79.9. The Balaban J connectivity index is 3.28. The van der Waals surface area contributed by atoms with Gasteiger partial charge in [-0.3, -0.25) is 14.9 Å². The van der Waals surface area contributed by atoms with E-state index in [4.69, 9.17) is 0 Å². The molecular weight excluding hydrogens is 344 g/mol. The van der Waals surface area contributed by atoms with Gasteiger partial charge in [-0.25, -0.2) is 0 Å². The summed E-state index contributed by atoms with van der Waals surface area (Å²) < 4.78 is 33.1. The number of nitro benzene ring substituents is 1. The standard InChI is InChI=1S/C11H10BrF2NO5/c1-19-10(16)4-6-2-8(15(17)18)9(20-11(13)14)3-7(6)5-12/h2-3,11H,4-5H2,1H3. The summed E-state index contributed by atoms with van der Waals surface area (Å²) in [6.07, 6.45) is -0.201. The van der Waals surface area contributed by atoms with Gasteiger partial charge < -0.3 is 9.47 Å². The highest BCUT2D eigenvalue weighted by molar-refractivity contribution is 9.08. The maximum absolute atomic E-state index is 12.2. The number of methoxy groups -OCH3 is 1. The number of nitrogens with zero attached hydrogens (tertiary/aromatic N) is 1. The van der Waals surface area contributed by atoms with E-state index >= 15 is 0 Å². The number of ether oxygens (including phenoxy) is 2. The van der Waals surface area contributed by atoms with Crippen LogP contribution in [0.2, 0.25) is 0 Å². The molecule has 0 heterocycles. The van der Waals surface area contributed by atoms with E-state index < -0.39 is 28.9 Å². The molecule has 1 rings (SSSR count). The van der Waals surface area contributed by atoms with Crippen molar-refractivity contribution in [2.45, 2.75) is 18.4 Å². The van der Waals surface area contributed by atoms with Crippen molar-refractivity contribution in [3.8, 4) is 5.75 Å². The zero-order chi connectivity index (χ0) is 15.3. The lowest BCUT2D eigenvalue weighted by Gasteiger charge is -2.11. The van der Waals surface area contributed by atoms with Gasteiger partial charge in [-0.2, -0.15) is 8.78 Å². The van der Waals surface area contributed by atoms with Crippen molar-refractivity contribution in [1.29, 1.82) is 0 Å². The summed E-state index contributed by atoms with van der Waals surface area (Å²) in [5.41, 5.74) is 0.104. The number of benzene rings is 1. The molecule has 0 atom stereocenters. The molecule has 0 amide bonds. The fourth-order valence-corrected chi connectivity index (χ4v) is 2.03. The van der Waals surface area contributed by atoms with Crippen LogP contribution in [0.3, 0.4) is 0 Å². The average molecular weight is 354 g/mol. The maximum atomic E-state index is 12.2. The molecule has 0 aliphatic rings. The topological polar surface area (TPSA) is 78.7 Å². The van der Waals surface area contributed by atoms with Crippen molar-refractivity contribution in [3.05, 3.63) is 33.4 Å². The third-order valence-electron chi connectivity index (χ3n) is 2.40. The number of esters is 1. The highest BCUT2D eigenvalue weighted by Gasteiger charge is 2.22. The number of nitro groups is 1. The Labute approximate surface area is 120 Å². The minimum Gasteiger partial charge on any atom is -0.469 e. The molecule has 1 aromatic carbocycles. The molecular formula is C11H10BrF2NO5. The zero-order valence-corrected chi connectivity index (χ0v) is 11.9. The molecule has 20 heavy (non-hydrogen) atoms. The van der Waals surface area contributed by atoms with E-state index in [1.54, 1.807) is 0 Å². The van der Waals surface area contributed by atoms with Crippen LogP contribution < -0.4 is 4.74 Å². The lowest BCUT2D eigenvalue weighted by molar-refractivity contribution is -0.386. The predicted molar refractivity (Wildman–Crippen MR) is 68.1 cm³/mol. The number of rotatable bonds is 6. The number of carbonyl (C=O) groups is 1. The third-order valence-corrected chi connectivity index (χ3v) is 3.00. The van der Waals surface area contributed by atoms with Crippen LogP contribution in [0.5, 0.6) is 5.75 Å². The summed E-state index contributed by atoms with van der Waals surface area (Å²) >= 11 is 3.12. The first-order valence-corrected chi connectivity index (χ1v) is 6.39. The van der Waals surface area contributed by atoms with Gasteiger partial charge in [-0.05, 0) is 17.2 Å². The van der Waals surface area contributed by atoms with Crippen LogP contribution in [0.4, 0.5) is 14.5 Å². The number of halogens is 3. The third kappa shape index (κ3) is 4.12. The Morgan fingerprint density at radius 2 is 2.10 bits per heavy atom. The molecule has 1 aromatic rings. The second-order valence-electron chi connectivity index (χ2n) is 3.61. The van der Waals surface area contributed by atoms with Crippen LogP contribution >= 0.6 is 15.9 Å². The van der Waals surface area contributed by atoms with E-state index in [1.165, 1.54) is 7.11 Å². The normalized spacial score (nSPS) is 10.4. The molecule has 0 N–H and O–H groups in total. The number of hydrogen-bond donors (Lipinski definition) is 0. The van der Waals surface area contributed by atoms with Gasteiger partial charge in [-0.1, -0.05) is 15.9 Å². The van der Waals surface area contributed by atoms with Gasteiger partial charge in [0.2, 0.25) is 5.75 Å². The lowest BCUT2D eigenvalue weighted by Crippen LogP contribution is -2.09. The zero-order valence-electron chi connectivity index (χ0n) is 10.3. The molecule has 0 aliphatic heterocycles. The monoisotopic (exact) mass is 353 g/mol. The average Bonchev–Trinajstić information content (AvgIpc) is 2.38. The summed E-state index contributed by atoms with van der Waals surface area (Å²) in [6, 6.07) is 2.14. The van der Waals surface area contributed by atoms with Gasteiger partial charge in [0.05, 0.1) is 18.5 Å².